The summed E-state index contributed by atoms with van der Waals surface area (Å²) in [5.41, 5.74) is 2.07. The van der Waals surface area contributed by atoms with Crippen molar-refractivity contribution in [1.82, 2.24) is 9.80 Å². The summed E-state index contributed by atoms with van der Waals surface area (Å²) >= 11 is 0. The molecule has 7 nitrogen and oxygen atoms in total. The molecular weight excluding hydrogens is 444 g/mol. The zero-order valence-corrected chi connectivity index (χ0v) is 21.5. The van der Waals surface area contributed by atoms with Crippen molar-refractivity contribution in [3.8, 4) is 0 Å². The van der Waals surface area contributed by atoms with Gasteiger partial charge in [-0.05, 0) is 75.4 Å². The Hall–Kier alpha value is -2.90. The number of carbonyl (C=O) groups excluding carboxylic acids is 2. The smallest absolute Gasteiger partial charge is 0.338 e. The molecule has 0 saturated carbocycles. The average molecular weight is 483 g/mol. The number of furan rings is 1. The van der Waals surface area contributed by atoms with Crippen molar-refractivity contribution < 1.29 is 23.5 Å². The van der Waals surface area contributed by atoms with E-state index in [1.165, 1.54) is 0 Å². The van der Waals surface area contributed by atoms with Crippen LogP contribution in [-0.4, -0.2) is 74.2 Å². The lowest BCUT2D eigenvalue weighted by atomic mass is 10.1. The van der Waals surface area contributed by atoms with Gasteiger partial charge in [-0.15, -0.1) is 0 Å². The fourth-order valence-electron chi connectivity index (χ4n) is 4.18. The van der Waals surface area contributed by atoms with Gasteiger partial charge in [-0.25, -0.2) is 9.59 Å². The Balaban J connectivity index is 1.61. The Morgan fingerprint density at radius 2 is 1.09 bits per heavy atom. The summed E-state index contributed by atoms with van der Waals surface area (Å²) < 4.78 is 16.9. The Morgan fingerprint density at radius 3 is 1.46 bits per heavy atom. The molecule has 2 aromatic carbocycles. The highest BCUT2D eigenvalue weighted by Crippen LogP contribution is 2.30. The molecule has 1 heterocycles. The first kappa shape index (κ1) is 26.7. The van der Waals surface area contributed by atoms with Crippen LogP contribution in [0.5, 0.6) is 0 Å². The number of hydrogen-bond donors (Lipinski definition) is 0. The maximum absolute atomic E-state index is 12.5. The maximum atomic E-state index is 12.5. The van der Waals surface area contributed by atoms with E-state index in [1.807, 2.05) is 12.1 Å². The van der Waals surface area contributed by atoms with Gasteiger partial charge in [0.05, 0.1) is 24.3 Å². The van der Waals surface area contributed by atoms with Crippen molar-refractivity contribution in [2.45, 2.75) is 40.5 Å². The highest BCUT2D eigenvalue weighted by molar-refractivity contribution is 6.08. The maximum Gasteiger partial charge on any atom is 0.338 e. The summed E-state index contributed by atoms with van der Waals surface area (Å²) in [4.78, 5) is 29.6. The lowest BCUT2D eigenvalue weighted by Crippen LogP contribution is -2.25. The lowest BCUT2D eigenvalue weighted by molar-refractivity contribution is 0.0480. The molecule has 0 spiro atoms. The standard InChI is InChI=1S/C28H38N2O5/c1-5-29(6-2)15-9-17-33-27(31)21-11-13-23-24-14-12-22(20-26(24)35-25(23)19-21)28(32)34-18-10-16-30(7-3)8-4/h11-14,19-20H,5-10,15-18H2,1-4H3. The summed E-state index contributed by atoms with van der Waals surface area (Å²) in [5.74, 6) is -0.721. The van der Waals surface area contributed by atoms with Crippen molar-refractivity contribution in [2.75, 3.05) is 52.5 Å². The lowest BCUT2D eigenvalue weighted by Gasteiger charge is -2.17. The van der Waals surface area contributed by atoms with E-state index >= 15 is 0 Å². The Labute approximate surface area is 207 Å². The second kappa shape index (κ2) is 13.3. The van der Waals surface area contributed by atoms with E-state index in [0.29, 0.717) is 35.5 Å². The number of hydrogen-bond acceptors (Lipinski definition) is 7. The van der Waals surface area contributed by atoms with Crippen molar-refractivity contribution in [3.05, 3.63) is 47.5 Å². The topological polar surface area (TPSA) is 72.2 Å². The van der Waals surface area contributed by atoms with Crippen LogP contribution in [0.15, 0.2) is 40.8 Å². The van der Waals surface area contributed by atoms with E-state index in [-0.39, 0.29) is 11.9 Å². The van der Waals surface area contributed by atoms with Gasteiger partial charge in [0.1, 0.15) is 11.2 Å². The molecule has 0 aliphatic carbocycles. The van der Waals surface area contributed by atoms with Crippen LogP contribution in [0.3, 0.4) is 0 Å². The average Bonchev–Trinajstić information content (AvgIpc) is 3.25. The molecule has 190 valence electrons. The molecular formula is C28H38N2O5. The van der Waals surface area contributed by atoms with Gasteiger partial charge >= 0.3 is 11.9 Å². The third-order valence-corrected chi connectivity index (χ3v) is 6.44. The third kappa shape index (κ3) is 7.05. The largest absolute Gasteiger partial charge is 0.462 e. The van der Waals surface area contributed by atoms with Gasteiger partial charge in [0.2, 0.25) is 0 Å². The molecule has 0 aliphatic heterocycles. The molecule has 0 unspecified atom stereocenters. The predicted octanol–water partition coefficient (Wildman–Crippen LogP) is 5.36. The zero-order chi connectivity index (χ0) is 25.2. The van der Waals surface area contributed by atoms with Crippen molar-refractivity contribution >= 4 is 33.9 Å². The summed E-state index contributed by atoms with van der Waals surface area (Å²) in [6, 6.07) is 10.6. The van der Waals surface area contributed by atoms with Crippen LogP contribution in [-0.2, 0) is 9.47 Å². The van der Waals surface area contributed by atoms with Gasteiger partial charge in [0.15, 0.2) is 0 Å². The van der Waals surface area contributed by atoms with Gasteiger partial charge in [-0.2, -0.15) is 0 Å². The fraction of sp³-hybridized carbons (Fsp3) is 0.500. The van der Waals surface area contributed by atoms with E-state index in [2.05, 4.69) is 37.5 Å². The molecule has 0 bridgehead atoms. The predicted molar refractivity (Wildman–Crippen MR) is 139 cm³/mol. The molecule has 35 heavy (non-hydrogen) atoms. The molecule has 0 amide bonds. The summed E-state index contributed by atoms with van der Waals surface area (Å²) in [6.07, 6.45) is 1.60. The van der Waals surface area contributed by atoms with E-state index in [0.717, 1.165) is 62.9 Å². The Kier molecular flexibility index (Phi) is 10.1. The molecule has 0 fully saturated rings. The SMILES string of the molecule is CCN(CC)CCCOC(=O)c1ccc2c(c1)oc1cc(C(=O)OCCCN(CC)CC)ccc12. The van der Waals surface area contributed by atoms with Crippen LogP contribution in [0.25, 0.3) is 21.9 Å². The van der Waals surface area contributed by atoms with Crippen LogP contribution >= 0.6 is 0 Å². The van der Waals surface area contributed by atoms with Crippen molar-refractivity contribution in [3.63, 3.8) is 0 Å². The first-order valence-electron chi connectivity index (χ1n) is 12.8. The van der Waals surface area contributed by atoms with Crippen LogP contribution in [0.2, 0.25) is 0 Å². The Bertz CT molecular complexity index is 1030. The second-order valence-corrected chi connectivity index (χ2v) is 8.56. The molecule has 0 saturated heterocycles. The minimum atomic E-state index is -0.360. The van der Waals surface area contributed by atoms with Gasteiger partial charge in [-0.3, -0.25) is 0 Å². The van der Waals surface area contributed by atoms with E-state index < -0.39 is 0 Å². The monoisotopic (exact) mass is 482 g/mol. The van der Waals surface area contributed by atoms with Gasteiger partial charge in [0, 0.05) is 23.9 Å². The van der Waals surface area contributed by atoms with Crippen LogP contribution in [0.1, 0.15) is 61.3 Å². The van der Waals surface area contributed by atoms with Gasteiger partial charge in [0.25, 0.3) is 0 Å². The number of esters is 2. The van der Waals surface area contributed by atoms with Crippen LogP contribution < -0.4 is 0 Å². The minimum Gasteiger partial charge on any atom is -0.462 e. The highest BCUT2D eigenvalue weighted by atomic mass is 16.5. The molecule has 0 radical (unpaired) electrons. The zero-order valence-electron chi connectivity index (χ0n) is 21.5. The fourth-order valence-corrected chi connectivity index (χ4v) is 4.18. The number of fused-ring (bicyclic) bond motifs is 3. The second-order valence-electron chi connectivity index (χ2n) is 8.56. The minimum absolute atomic E-state index is 0.360. The molecule has 7 heteroatoms. The Morgan fingerprint density at radius 1 is 0.686 bits per heavy atom. The number of ether oxygens (including phenoxy) is 2. The quantitative estimate of drug-likeness (QED) is 0.226. The van der Waals surface area contributed by atoms with E-state index in [1.54, 1.807) is 24.3 Å². The molecule has 3 rings (SSSR count). The highest BCUT2D eigenvalue weighted by Gasteiger charge is 2.15. The molecule has 3 aromatic rings. The molecule has 0 aliphatic rings. The first-order chi connectivity index (χ1) is 17.0. The number of rotatable bonds is 14. The molecule has 1 aromatic heterocycles. The summed E-state index contributed by atoms with van der Waals surface area (Å²) in [6.45, 7) is 15.0. The van der Waals surface area contributed by atoms with Crippen molar-refractivity contribution in [1.29, 1.82) is 0 Å². The van der Waals surface area contributed by atoms with E-state index in [4.69, 9.17) is 13.9 Å². The number of benzene rings is 2. The van der Waals surface area contributed by atoms with Crippen molar-refractivity contribution in [2.24, 2.45) is 0 Å². The summed E-state index contributed by atoms with van der Waals surface area (Å²) in [5, 5.41) is 1.77. The van der Waals surface area contributed by atoms with Crippen LogP contribution in [0, 0.1) is 0 Å². The normalized spacial score (nSPS) is 11.6. The third-order valence-electron chi connectivity index (χ3n) is 6.44. The van der Waals surface area contributed by atoms with Gasteiger partial charge < -0.3 is 23.7 Å². The van der Waals surface area contributed by atoms with Gasteiger partial charge in [-0.1, -0.05) is 27.7 Å². The molecule has 0 atom stereocenters. The number of nitrogens with zero attached hydrogens (tertiary/aromatic N) is 2. The van der Waals surface area contributed by atoms with Crippen LogP contribution in [0.4, 0.5) is 0 Å². The summed E-state index contributed by atoms with van der Waals surface area (Å²) in [7, 11) is 0. The first-order valence-corrected chi connectivity index (χ1v) is 12.8. The molecule has 0 N–H and O–H groups in total. The van der Waals surface area contributed by atoms with E-state index in [9.17, 15) is 9.59 Å². The number of carbonyl (C=O) groups is 2.